The average molecular weight is 334 g/mol. The van der Waals surface area contributed by atoms with Gasteiger partial charge in [-0.1, -0.05) is 57.9 Å². The maximum absolute atomic E-state index is 6.30. The van der Waals surface area contributed by atoms with Gasteiger partial charge in [-0.2, -0.15) is 0 Å². The summed E-state index contributed by atoms with van der Waals surface area (Å²) in [6.45, 7) is 2.01. The Bertz CT molecular complexity index is 771. The van der Waals surface area contributed by atoms with Crippen LogP contribution in [0.4, 0.5) is 0 Å². The Morgan fingerprint density at radius 2 is 1.79 bits per heavy atom. The molecule has 1 heterocycles. The fourth-order valence-corrected chi connectivity index (χ4v) is 2.85. The minimum absolute atomic E-state index is 0.494. The molecule has 94 valence electrons. The molecule has 0 bridgehead atoms. The molecule has 0 unspecified atom stereocenters. The van der Waals surface area contributed by atoms with E-state index in [-0.39, 0.29) is 0 Å². The fraction of sp³-hybridized carbons (Fsp3) is 0.0667. The summed E-state index contributed by atoms with van der Waals surface area (Å²) in [5, 5.41) is 1.41. The summed E-state index contributed by atoms with van der Waals surface area (Å²) in [5.41, 5.74) is 2.89. The molecule has 0 aliphatic carbocycles. The average Bonchev–Trinajstić information content (AvgIpc) is 2.39. The van der Waals surface area contributed by atoms with Gasteiger partial charge in [-0.25, -0.2) is 9.97 Å². The molecule has 0 amide bonds. The van der Waals surface area contributed by atoms with E-state index in [1.54, 1.807) is 0 Å². The van der Waals surface area contributed by atoms with Crippen molar-refractivity contribution in [3.05, 3.63) is 57.7 Å². The second-order valence-corrected chi connectivity index (χ2v) is 5.50. The predicted molar refractivity (Wildman–Crippen MR) is 82.4 cm³/mol. The van der Waals surface area contributed by atoms with E-state index in [9.17, 15) is 0 Å². The van der Waals surface area contributed by atoms with Crippen molar-refractivity contribution < 1.29 is 0 Å². The second kappa shape index (κ2) is 4.91. The maximum Gasteiger partial charge on any atom is 0.162 e. The van der Waals surface area contributed by atoms with Gasteiger partial charge in [-0.05, 0) is 24.6 Å². The number of aromatic nitrogens is 2. The van der Waals surface area contributed by atoms with Gasteiger partial charge >= 0.3 is 0 Å². The predicted octanol–water partition coefficient (Wildman–Crippen LogP) is 5.02. The minimum Gasteiger partial charge on any atom is -0.228 e. The van der Waals surface area contributed by atoms with Crippen LogP contribution in [-0.2, 0) is 0 Å². The van der Waals surface area contributed by atoms with Crippen molar-refractivity contribution >= 4 is 38.4 Å². The molecule has 0 atom stereocenters. The Balaban J connectivity index is 2.31. The van der Waals surface area contributed by atoms with Gasteiger partial charge < -0.3 is 0 Å². The van der Waals surface area contributed by atoms with E-state index in [1.807, 2.05) is 49.4 Å². The summed E-state index contributed by atoms with van der Waals surface area (Å²) in [5.74, 6) is 0.635. The van der Waals surface area contributed by atoms with E-state index in [0.29, 0.717) is 11.0 Å². The van der Waals surface area contributed by atoms with Gasteiger partial charge in [0.2, 0.25) is 0 Å². The molecule has 3 rings (SSSR count). The SMILES string of the molecule is Cc1cccc2nc(-c3ccccc3Br)nc(Cl)c12. The third kappa shape index (κ3) is 2.24. The molecule has 0 saturated heterocycles. The molecule has 0 saturated carbocycles. The number of benzene rings is 2. The summed E-state index contributed by atoms with van der Waals surface area (Å²) in [4.78, 5) is 9.02. The first-order valence-electron chi connectivity index (χ1n) is 5.84. The molecule has 1 aromatic heterocycles. The molecular weight excluding hydrogens is 324 g/mol. The number of hydrogen-bond donors (Lipinski definition) is 0. The van der Waals surface area contributed by atoms with Crippen LogP contribution in [0.25, 0.3) is 22.3 Å². The molecule has 0 aliphatic rings. The minimum atomic E-state index is 0.494. The van der Waals surface area contributed by atoms with E-state index in [1.165, 1.54) is 0 Å². The molecule has 0 spiro atoms. The zero-order valence-electron chi connectivity index (χ0n) is 10.2. The topological polar surface area (TPSA) is 25.8 Å². The van der Waals surface area contributed by atoms with Crippen LogP contribution in [0.5, 0.6) is 0 Å². The van der Waals surface area contributed by atoms with Crippen molar-refractivity contribution in [2.45, 2.75) is 6.92 Å². The zero-order valence-corrected chi connectivity index (χ0v) is 12.5. The highest BCUT2D eigenvalue weighted by Gasteiger charge is 2.11. The van der Waals surface area contributed by atoms with Crippen LogP contribution in [0.2, 0.25) is 5.15 Å². The molecule has 19 heavy (non-hydrogen) atoms. The van der Waals surface area contributed by atoms with Crippen LogP contribution in [0.15, 0.2) is 46.9 Å². The largest absolute Gasteiger partial charge is 0.228 e. The maximum atomic E-state index is 6.30. The number of aryl methyl sites for hydroxylation is 1. The van der Waals surface area contributed by atoms with Gasteiger partial charge in [0.15, 0.2) is 5.82 Å². The molecule has 2 aromatic carbocycles. The Morgan fingerprint density at radius 3 is 2.58 bits per heavy atom. The first-order chi connectivity index (χ1) is 9.16. The van der Waals surface area contributed by atoms with Crippen LogP contribution < -0.4 is 0 Å². The lowest BCUT2D eigenvalue weighted by Gasteiger charge is -2.07. The normalized spacial score (nSPS) is 10.9. The van der Waals surface area contributed by atoms with Crippen molar-refractivity contribution in [1.29, 1.82) is 0 Å². The summed E-state index contributed by atoms with van der Waals surface area (Å²) in [6, 6.07) is 13.8. The van der Waals surface area contributed by atoms with E-state index in [2.05, 4.69) is 25.9 Å². The molecule has 3 aromatic rings. The highest BCUT2D eigenvalue weighted by Crippen LogP contribution is 2.30. The van der Waals surface area contributed by atoms with Gasteiger partial charge in [-0.15, -0.1) is 0 Å². The van der Waals surface area contributed by atoms with Crippen LogP contribution in [0, 0.1) is 6.92 Å². The number of hydrogen-bond acceptors (Lipinski definition) is 2. The molecular formula is C15H10BrClN2. The molecule has 0 radical (unpaired) electrons. The Labute approximate surface area is 124 Å². The third-order valence-electron chi connectivity index (χ3n) is 3.00. The van der Waals surface area contributed by atoms with Crippen LogP contribution in [-0.4, -0.2) is 9.97 Å². The fourth-order valence-electron chi connectivity index (χ4n) is 2.06. The molecule has 0 N–H and O–H groups in total. The molecule has 0 fully saturated rings. The van der Waals surface area contributed by atoms with Crippen molar-refractivity contribution in [1.82, 2.24) is 9.97 Å². The highest BCUT2D eigenvalue weighted by molar-refractivity contribution is 9.10. The lowest BCUT2D eigenvalue weighted by atomic mass is 10.1. The smallest absolute Gasteiger partial charge is 0.162 e. The van der Waals surface area contributed by atoms with Crippen LogP contribution >= 0.6 is 27.5 Å². The standard InChI is InChI=1S/C15H10BrClN2/c1-9-5-4-8-12-13(9)14(17)19-15(18-12)10-6-2-3-7-11(10)16/h2-8H,1H3. The lowest BCUT2D eigenvalue weighted by Crippen LogP contribution is -1.93. The summed E-state index contributed by atoms with van der Waals surface area (Å²) >= 11 is 9.82. The van der Waals surface area contributed by atoms with Crippen molar-refractivity contribution in [3.8, 4) is 11.4 Å². The summed E-state index contributed by atoms with van der Waals surface area (Å²) in [7, 11) is 0. The van der Waals surface area contributed by atoms with Gasteiger partial charge in [0.05, 0.1) is 5.52 Å². The van der Waals surface area contributed by atoms with Crippen LogP contribution in [0.3, 0.4) is 0 Å². The second-order valence-electron chi connectivity index (χ2n) is 4.29. The monoisotopic (exact) mass is 332 g/mol. The highest BCUT2D eigenvalue weighted by atomic mass is 79.9. The van der Waals surface area contributed by atoms with Crippen molar-refractivity contribution in [3.63, 3.8) is 0 Å². The van der Waals surface area contributed by atoms with Gasteiger partial charge in [0.25, 0.3) is 0 Å². The van der Waals surface area contributed by atoms with Gasteiger partial charge in [0, 0.05) is 15.4 Å². The summed E-state index contributed by atoms with van der Waals surface area (Å²) in [6.07, 6.45) is 0. The number of fused-ring (bicyclic) bond motifs is 1. The van der Waals surface area contributed by atoms with E-state index >= 15 is 0 Å². The first-order valence-corrected chi connectivity index (χ1v) is 7.01. The number of rotatable bonds is 1. The Kier molecular flexibility index (Phi) is 3.25. The zero-order chi connectivity index (χ0) is 13.4. The van der Waals surface area contributed by atoms with Gasteiger partial charge in [0.1, 0.15) is 5.15 Å². The van der Waals surface area contributed by atoms with Crippen LogP contribution in [0.1, 0.15) is 5.56 Å². The van der Waals surface area contributed by atoms with Crippen molar-refractivity contribution in [2.75, 3.05) is 0 Å². The van der Waals surface area contributed by atoms with E-state index in [4.69, 9.17) is 11.6 Å². The van der Waals surface area contributed by atoms with Crippen molar-refractivity contribution in [2.24, 2.45) is 0 Å². The first kappa shape index (κ1) is 12.6. The number of halogens is 2. The van der Waals surface area contributed by atoms with Gasteiger partial charge in [-0.3, -0.25) is 0 Å². The molecule has 4 heteroatoms. The van der Waals surface area contributed by atoms with E-state index in [0.717, 1.165) is 26.5 Å². The Hall–Kier alpha value is -1.45. The summed E-state index contributed by atoms with van der Waals surface area (Å²) < 4.78 is 0.957. The number of nitrogens with zero attached hydrogens (tertiary/aromatic N) is 2. The third-order valence-corrected chi connectivity index (χ3v) is 3.97. The lowest BCUT2D eigenvalue weighted by molar-refractivity contribution is 1.22. The molecule has 2 nitrogen and oxygen atoms in total. The molecule has 0 aliphatic heterocycles. The Morgan fingerprint density at radius 1 is 1.00 bits per heavy atom. The quantitative estimate of drug-likeness (QED) is 0.584. The van der Waals surface area contributed by atoms with E-state index < -0.39 is 0 Å².